The molecule has 0 bridgehead atoms. The molecule has 4 nitrogen and oxygen atoms in total. The standard InChI is InChI=1S/C24H22N4/c1-16-13-18-11-12-27-28-24(18)22(17(16)2)10-9-21-8-7-20(15-26-21)23-6-4-3-5-19(23)14-25/h3-12,15-17,22H,13H2,1-2H3/b10-9+/t16-,17+,22?/m0/s1. The largest absolute Gasteiger partial charge is 0.256 e. The summed E-state index contributed by atoms with van der Waals surface area (Å²) in [5.74, 6) is 1.35. The maximum absolute atomic E-state index is 9.30. The maximum atomic E-state index is 9.30. The molecule has 1 aliphatic rings. The molecule has 0 radical (unpaired) electrons. The molecular formula is C24H22N4. The maximum Gasteiger partial charge on any atom is 0.0998 e. The number of aromatic nitrogens is 3. The molecule has 2 heterocycles. The summed E-state index contributed by atoms with van der Waals surface area (Å²) in [5, 5.41) is 17.8. The van der Waals surface area contributed by atoms with Crippen molar-refractivity contribution in [1.82, 2.24) is 15.2 Å². The van der Waals surface area contributed by atoms with E-state index in [1.807, 2.05) is 42.6 Å². The third kappa shape index (κ3) is 3.44. The Bertz CT molecular complexity index is 1050. The summed E-state index contributed by atoms with van der Waals surface area (Å²) in [7, 11) is 0. The van der Waals surface area contributed by atoms with E-state index in [4.69, 9.17) is 0 Å². The molecule has 4 heteroatoms. The highest BCUT2D eigenvalue weighted by atomic mass is 15.1. The van der Waals surface area contributed by atoms with E-state index in [1.165, 1.54) is 5.56 Å². The lowest BCUT2D eigenvalue weighted by Crippen LogP contribution is -2.26. The first kappa shape index (κ1) is 18.1. The summed E-state index contributed by atoms with van der Waals surface area (Å²) in [4.78, 5) is 4.58. The molecule has 0 fully saturated rings. The van der Waals surface area contributed by atoms with Gasteiger partial charge in [0, 0.05) is 29.4 Å². The number of fused-ring (bicyclic) bond motifs is 1. The molecule has 0 N–H and O–H groups in total. The molecule has 0 spiro atoms. The van der Waals surface area contributed by atoms with E-state index in [-0.39, 0.29) is 5.92 Å². The summed E-state index contributed by atoms with van der Waals surface area (Å²) >= 11 is 0. The van der Waals surface area contributed by atoms with E-state index in [9.17, 15) is 5.26 Å². The highest BCUT2D eigenvalue weighted by molar-refractivity contribution is 5.70. The van der Waals surface area contributed by atoms with Gasteiger partial charge in [-0.1, -0.05) is 44.2 Å². The number of benzene rings is 1. The second-order valence-electron chi connectivity index (χ2n) is 7.50. The van der Waals surface area contributed by atoms with Crippen LogP contribution in [0.2, 0.25) is 0 Å². The third-order valence-electron chi connectivity index (χ3n) is 5.78. The van der Waals surface area contributed by atoms with Gasteiger partial charge in [-0.2, -0.15) is 15.5 Å². The van der Waals surface area contributed by atoms with Crippen molar-refractivity contribution in [3.63, 3.8) is 0 Å². The molecule has 28 heavy (non-hydrogen) atoms. The molecule has 4 rings (SSSR count). The average Bonchev–Trinajstić information content (AvgIpc) is 2.74. The highest BCUT2D eigenvalue weighted by Gasteiger charge is 2.31. The van der Waals surface area contributed by atoms with Crippen LogP contribution in [0.4, 0.5) is 0 Å². The van der Waals surface area contributed by atoms with Gasteiger partial charge >= 0.3 is 0 Å². The van der Waals surface area contributed by atoms with E-state index >= 15 is 0 Å². The molecule has 3 aromatic rings. The molecule has 1 aliphatic carbocycles. The van der Waals surface area contributed by atoms with Crippen LogP contribution >= 0.6 is 0 Å². The fourth-order valence-electron chi connectivity index (χ4n) is 3.92. The van der Waals surface area contributed by atoms with E-state index in [1.54, 1.807) is 6.20 Å². The Morgan fingerprint density at radius 1 is 1.11 bits per heavy atom. The van der Waals surface area contributed by atoms with Gasteiger partial charge in [-0.3, -0.25) is 4.98 Å². The average molecular weight is 366 g/mol. The van der Waals surface area contributed by atoms with Gasteiger partial charge in [-0.15, -0.1) is 0 Å². The number of rotatable bonds is 3. The van der Waals surface area contributed by atoms with Crippen molar-refractivity contribution in [1.29, 1.82) is 5.26 Å². The quantitative estimate of drug-likeness (QED) is 0.652. The Morgan fingerprint density at radius 2 is 1.96 bits per heavy atom. The van der Waals surface area contributed by atoms with Gasteiger partial charge in [-0.05, 0) is 48.1 Å². The van der Waals surface area contributed by atoms with Gasteiger partial charge in [-0.25, -0.2) is 0 Å². The van der Waals surface area contributed by atoms with Gasteiger partial charge in [0.1, 0.15) is 0 Å². The van der Waals surface area contributed by atoms with E-state index in [0.717, 1.165) is 28.9 Å². The lowest BCUT2D eigenvalue weighted by molar-refractivity contribution is 0.324. The SMILES string of the molecule is C[C@H]1Cc2ccnnc2C(/C=C/c2ccc(-c3ccccc3C#N)cn2)[C@@H]1C. The van der Waals surface area contributed by atoms with Crippen molar-refractivity contribution in [2.45, 2.75) is 26.2 Å². The van der Waals surface area contributed by atoms with Crippen LogP contribution in [0.1, 0.15) is 42.3 Å². The number of pyridine rings is 1. The molecule has 0 aliphatic heterocycles. The second-order valence-corrected chi connectivity index (χ2v) is 7.50. The van der Waals surface area contributed by atoms with Gasteiger partial charge in [0.25, 0.3) is 0 Å². The number of hydrogen-bond donors (Lipinski definition) is 0. The minimum Gasteiger partial charge on any atom is -0.256 e. The number of nitrogens with zero attached hydrogens (tertiary/aromatic N) is 4. The number of nitriles is 1. The van der Waals surface area contributed by atoms with Crippen LogP contribution in [-0.4, -0.2) is 15.2 Å². The van der Waals surface area contributed by atoms with Crippen LogP contribution in [0.15, 0.2) is 60.9 Å². The summed E-state index contributed by atoms with van der Waals surface area (Å²) in [5.41, 5.74) is 5.80. The lowest BCUT2D eigenvalue weighted by atomic mass is 9.72. The summed E-state index contributed by atoms with van der Waals surface area (Å²) < 4.78 is 0. The van der Waals surface area contributed by atoms with Crippen LogP contribution in [0.5, 0.6) is 0 Å². The Balaban J connectivity index is 1.60. The zero-order chi connectivity index (χ0) is 19.5. The Morgan fingerprint density at radius 3 is 2.75 bits per heavy atom. The third-order valence-corrected chi connectivity index (χ3v) is 5.78. The molecular weight excluding hydrogens is 344 g/mol. The zero-order valence-corrected chi connectivity index (χ0v) is 16.1. The van der Waals surface area contributed by atoms with Crippen LogP contribution in [-0.2, 0) is 6.42 Å². The Kier molecular flexibility index (Phi) is 4.99. The van der Waals surface area contributed by atoms with Crippen LogP contribution in [0, 0.1) is 23.2 Å². The van der Waals surface area contributed by atoms with Gasteiger partial charge in [0.05, 0.1) is 23.0 Å². The monoisotopic (exact) mass is 366 g/mol. The minimum absolute atomic E-state index is 0.244. The van der Waals surface area contributed by atoms with Crippen molar-refractivity contribution in [3.05, 3.63) is 83.4 Å². The Hall–Kier alpha value is -3.32. The van der Waals surface area contributed by atoms with E-state index < -0.39 is 0 Å². The summed E-state index contributed by atoms with van der Waals surface area (Å²) in [6.45, 7) is 4.58. The lowest BCUT2D eigenvalue weighted by Gasteiger charge is -2.33. The fourth-order valence-corrected chi connectivity index (χ4v) is 3.92. The minimum atomic E-state index is 0.244. The van der Waals surface area contributed by atoms with Crippen molar-refractivity contribution < 1.29 is 0 Å². The zero-order valence-electron chi connectivity index (χ0n) is 16.1. The predicted molar refractivity (Wildman–Crippen MR) is 110 cm³/mol. The topological polar surface area (TPSA) is 62.5 Å². The first-order valence-corrected chi connectivity index (χ1v) is 9.61. The summed E-state index contributed by atoms with van der Waals surface area (Å²) in [6.07, 6.45) is 8.94. The normalized spacial score (nSPS) is 21.2. The summed E-state index contributed by atoms with van der Waals surface area (Å²) in [6, 6.07) is 15.9. The smallest absolute Gasteiger partial charge is 0.0998 e. The van der Waals surface area contributed by atoms with Gasteiger partial charge in [0.15, 0.2) is 0 Å². The van der Waals surface area contributed by atoms with Gasteiger partial charge in [0.2, 0.25) is 0 Å². The molecule has 138 valence electrons. The molecule has 3 atom stereocenters. The van der Waals surface area contributed by atoms with Crippen molar-refractivity contribution in [2.75, 3.05) is 0 Å². The van der Waals surface area contributed by atoms with Crippen LogP contribution in [0.25, 0.3) is 17.2 Å². The number of allylic oxidation sites excluding steroid dienone is 1. The first-order valence-electron chi connectivity index (χ1n) is 9.61. The highest BCUT2D eigenvalue weighted by Crippen LogP contribution is 2.39. The predicted octanol–water partition coefficient (Wildman–Crippen LogP) is 5.04. The number of hydrogen-bond acceptors (Lipinski definition) is 4. The van der Waals surface area contributed by atoms with E-state index in [2.05, 4.69) is 53.3 Å². The second kappa shape index (κ2) is 7.74. The fraction of sp³-hybridized carbons (Fsp3) is 0.250. The van der Waals surface area contributed by atoms with Gasteiger partial charge < -0.3 is 0 Å². The molecule has 1 aromatic carbocycles. The van der Waals surface area contributed by atoms with Crippen LogP contribution in [0.3, 0.4) is 0 Å². The van der Waals surface area contributed by atoms with Crippen molar-refractivity contribution in [3.8, 4) is 17.2 Å². The van der Waals surface area contributed by atoms with E-state index in [0.29, 0.717) is 17.4 Å². The molecule has 0 amide bonds. The van der Waals surface area contributed by atoms with Crippen LogP contribution < -0.4 is 0 Å². The Labute approximate surface area is 165 Å². The molecule has 0 saturated heterocycles. The molecule has 1 unspecified atom stereocenters. The molecule has 2 aromatic heterocycles. The van der Waals surface area contributed by atoms with Crippen molar-refractivity contribution >= 4 is 6.08 Å². The molecule has 0 saturated carbocycles. The first-order chi connectivity index (χ1) is 13.7. The van der Waals surface area contributed by atoms with Crippen molar-refractivity contribution in [2.24, 2.45) is 11.8 Å².